The molecule has 2 aromatic carbocycles. The summed E-state index contributed by atoms with van der Waals surface area (Å²) in [6.07, 6.45) is 0. The highest BCUT2D eigenvalue weighted by Gasteiger charge is 2.21. The number of guanidine groups is 1. The normalized spacial score (nSPS) is 15.0. The molecule has 28 heavy (non-hydrogen) atoms. The van der Waals surface area contributed by atoms with Crippen molar-refractivity contribution in [3.63, 3.8) is 0 Å². The SMILES string of the molecule is CCNC(=NCc1ccc(F)c(CO)c1)N1CCN(c2ccccc2O)CC1. The number of para-hydroxylation sites is 2. The van der Waals surface area contributed by atoms with Gasteiger partial charge >= 0.3 is 0 Å². The zero-order chi connectivity index (χ0) is 19.9. The van der Waals surface area contributed by atoms with E-state index in [1.807, 2.05) is 25.1 Å². The van der Waals surface area contributed by atoms with E-state index in [0.29, 0.717) is 12.3 Å². The molecule has 0 aromatic heterocycles. The van der Waals surface area contributed by atoms with Crippen LogP contribution in [0.4, 0.5) is 10.1 Å². The first-order valence-corrected chi connectivity index (χ1v) is 9.56. The lowest BCUT2D eigenvalue weighted by atomic mass is 10.1. The van der Waals surface area contributed by atoms with E-state index >= 15 is 0 Å². The average molecular weight is 386 g/mol. The van der Waals surface area contributed by atoms with Gasteiger partial charge in [0, 0.05) is 38.3 Å². The number of aliphatic imine (C=N–C) groups is 1. The van der Waals surface area contributed by atoms with Gasteiger partial charge in [0.1, 0.15) is 11.6 Å². The minimum absolute atomic E-state index is 0.286. The third-order valence-electron chi connectivity index (χ3n) is 4.83. The number of aliphatic hydroxyl groups is 1. The molecule has 0 aliphatic carbocycles. The Bertz CT molecular complexity index is 820. The molecule has 0 spiro atoms. The summed E-state index contributed by atoms with van der Waals surface area (Å²) in [6.45, 7) is 6.00. The van der Waals surface area contributed by atoms with Gasteiger partial charge in [-0.3, -0.25) is 0 Å². The van der Waals surface area contributed by atoms with Crippen LogP contribution in [0.25, 0.3) is 0 Å². The van der Waals surface area contributed by atoms with Gasteiger partial charge in [0.2, 0.25) is 0 Å². The molecule has 7 heteroatoms. The number of anilines is 1. The van der Waals surface area contributed by atoms with Crippen LogP contribution in [0.3, 0.4) is 0 Å². The molecule has 1 aliphatic rings. The number of hydrogen-bond acceptors (Lipinski definition) is 4. The molecule has 0 unspecified atom stereocenters. The van der Waals surface area contributed by atoms with Crippen LogP contribution in [0.2, 0.25) is 0 Å². The summed E-state index contributed by atoms with van der Waals surface area (Å²) in [5, 5.41) is 22.6. The summed E-state index contributed by atoms with van der Waals surface area (Å²) in [5.41, 5.74) is 2.00. The molecule has 1 fully saturated rings. The van der Waals surface area contributed by atoms with Crippen molar-refractivity contribution in [2.75, 3.05) is 37.6 Å². The smallest absolute Gasteiger partial charge is 0.194 e. The van der Waals surface area contributed by atoms with Crippen LogP contribution < -0.4 is 10.2 Å². The fourth-order valence-electron chi connectivity index (χ4n) is 3.33. The van der Waals surface area contributed by atoms with E-state index in [-0.39, 0.29) is 12.2 Å². The monoisotopic (exact) mass is 386 g/mol. The fraction of sp³-hybridized carbons (Fsp3) is 0.381. The first kappa shape index (κ1) is 19.9. The quantitative estimate of drug-likeness (QED) is 0.543. The molecule has 1 heterocycles. The number of hydrogen-bond donors (Lipinski definition) is 3. The van der Waals surface area contributed by atoms with Gasteiger partial charge in [-0.2, -0.15) is 0 Å². The van der Waals surface area contributed by atoms with Gasteiger partial charge in [0.05, 0.1) is 18.8 Å². The van der Waals surface area contributed by atoms with E-state index in [0.717, 1.165) is 49.9 Å². The van der Waals surface area contributed by atoms with Gasteiger partial charge < -0.3 is 25.3 Å². The molecule has 2 aromatic rings. The maximum atomic E-state index is 13.5. The van der Waals surface area contributed by atoms with Crippen LogP contribution in [0.15, 0.2) is 47.5 Å². The summed E-state index contributed by atoms with van der Waals surface area (Å²) < 4.78 is 13.5. The topological polar surface area (TPSA) is 71.3 Å². The molecular weight excluding hydrogens is 359 g/mol. The molecule has 3 N–H and O–H groups in total. The first-order chi connectivity index (χ1) is 13.6. The van der Waals surface area contributed by atoms with Crippen molar-refractivity contribution in [1.29, 1.82) is 0 Å². The van der Waals surface area contributed by atoms with E-state index in [1.165, 1.54) is 6.07 Å². The van der Waals surface area contributed by atoms with E-state index in [1.54, 1.807) is 18.2 Å². The molecular formula is C21H27FN4O2. The number of nitrogens with zero attached hydrogens (tertiary/aromatic N) is 3. The second-order valence-corrected chi connectivity index (χ2v) is 6.72. The Balaban J connectivity index is 1.66. The Morgan fingerprint density at radius 1 is 1.14 bits per heavy atom. The summed E-state index contributed by atoms with van der Waals surface area (Å²) in [5.74, 6) is 0.712. The zero-order valence-electron chi connectivity index (χ0n) is 16.1. The third-order valence-corrected chi connectivity index (χ3v) is 4.83. The number of halogens is 1. The number of phenols is 1. The highest BCUT2D eigenvalue weighted by molar-refractivity contribution is 5.80. The van der Waals surface area contributed by atoms with Gasteiger partial charge in [0.15, 0.2) is 5.96 Å². The van der Waals surface area contributed by atoms with Crippen molar-refractivity contribution >= 4 is 11.6 Å². The van der Waals surface area contributed by atoms with Crippen molar-refractivity contribution in [2.24, 2.45) is 4.99 Å². The van der Waals surface area contributed by atoms with Crippen molar-refractivity contribution in [2.45, 2.75) is 20.1 Å². The number of rotatable bonds is 5. The molecule has 3 rings (SSSR count). The summed E-state index contributed by atoms with van der Waals surface area (Å²) >= 11 is 0. The minimum atomic E-state index is -0.401. The second kappa shape index (κ2) is 9.41. The number of benzene rings is 2. The minimum Gasteiger partial charge on any atom is -0.506 e. The number of aliphatic hydroxyl groups excluding tert-OH is 1. The molecule has 0 radical (unpaired) electrons. The summed E-state index contributed by atoms with van der Waals surface area (Å²) in [6, 6.07) is 12.1. The van der Waals surface area contributed by atoms with Crippen molar-refractivity contribution in [3.8, 4) is 5.75 Å². The maximum Gasteiger partial charge on any atom is 0.194 e. The van der Waals surface area contributed by atoms with Crippen molar-refractivity contribution in [1.82, 2.24) is 10.2 Å². The molecule has 0 bridgehead atoms. The largest absolute Gasteiger partial charge is 0.506 e. The van der Waals surface area contributed by atoms with Crippen molar-refractivity contribution in [3.05, 3.63) is 59.4 Å². The Labute approximate surface area is 164 Å². The number of piperazine rings is 1. The lowest BCUT2D eigenvalue weighted by molar-refractivity contribution is 0.275. The fourth-order valence-corrected chi connectivity index (χ4v) is 3.33. The Hall–Kier alpha value is -2.80. The second-order valence-electron chi connectivity index (χ2n) is 6.72. The van der Waals surface area contributed by atoms with Crippen LogP contribution in [0, 0.1) is 5.82 Å². The van der Waals surface area contributed by atoms with Gasteiger partial charge in [0.25, 0.3) is 0 Å². The summed E-state index contributed by atoms with van der Waals surface area (Å²) in [7, 11) is 0. The molecule has 0 atom stereocenters. The average Bonchev–Trinajstić information content (AvgIpc) is 2.72. The predicted molar refractivity (Wildman–Crippen MR) is 109 cm³/mol. The highest BCUT2D eigenvalue weighted by Crippen LogP contribution is 2.27. The summed E-state index contributed by atoms with van der Waals surface area (Å²) in [4.78, 5) is 9.05. The Morgan fingerprint density at radius 3 is 2.57 bits per heavy atom. The Kier molecular flexibility index (Phi) is 6.71. The van der Waals surface area contributed by atoms with Crippen LogP contribution in [0.1, 0.15) is 18.1 Å². The molecule has 0 saturated carbocycles. The number of aromatic hydroxyl groups is 1. The lowest BCUT2D eigenvalue weighted by Crippen LogP contribution is -2.52. The van der Waals surface area contributed by atoms with Gasteiger partial charge in [-0.05, 0) is 36.8 Å². The van der Waals surface area contributed by atoms with E-state index < -0.39 is 5.82 Å². The molecule has 1 aliphatic heterocycles. The van der Waals surface area contributed by atoms with E-state index in [2.05, 4.69) is 20.1 Å². The predicted octanol–water partition coefficient (Wildman–Crippen LogP) is 2.31. The maximum absolute atomic E-state index is 13.5. The Morgan fingerprint density at radius 2 is 1.89 bits per heavy atom. The highest BCUT2D eigenvalue weighted by atomic mass is 19.1. The molecule has 150 valence electrons. The third kappa shape index (κ3) is 4.72. The van der Waals surface area contributed by atoms with Crippen molar-refractivity contribution < 1.29 is 14.6 Å². The van der Waals surface area contributed by atoms with Crippen LogP contribution in [0.5, 0.6) is 5.75 Å². The molecule has 1 saturated heterocycles. The van der Waals surface area contributed by atoms with E-state index in [9.17, 15) is 14.6 Å². The van der Waals surface area contributed by atoms with Gasteiger partial charge in [-0.1, -0.05) is 18.2 Å². The van der Waals surface area contributed by atoms with E-state index in [4.69, 9.17) is 0 Å². The first-order valence-electron chi connectivity index (χ1n) is 9.56. The zero-order valence-corrected chi connectivity index (χ0v) is 16.1. The standard InChI is InChI=1S/C21H27FN4O2/c1-2-23-21(24-14-16-7-8-18(22)17(13-16)15-27)26-11-9-25(10-12-26)19-5-3-4-6-20(19)28/h3-8,13,27-28H,2,9-12,14-15H2,1H3,(H,23,24). The van der Waals surface area contributed by atoms with Gasteiger partial charge in [-0.15, -0.1) is 0 Å². The number of nitrogens with one attached hydrogen (secondary N) is 1. The molecule has 6 nitrogen and oxygen atoms in total. The van der Waals surface area contributed by atoms with Crippen LogP contribution >= 0.6 is 0 Å². The lowest BCUT2D eigenvalue weighted by Gasteiger charge is -2.37. The van der Waals surface area contributed by atoms with Crippen LogP contribution in [-0.4, -0.2) is 53.8 Å². The molecule has 0 amide bonds. The van der Waals surface area contributed by atoms with Crippen LogP contribution in [-0.2, 0) is 13.2 Å². The number of phenolic OH excluding ortho intramolecular Hbond substituents is 1. The van der Waals surface area contributed by atoms with Gasteiger partial charge in [-0.25, -0.2) is 9.38 Å².